The maximum absolute atomic E-state index is 5.96. The molecule has 0 saturated heterocycles. The van der Waals surface area contributed by atoms with E-state index in [4.69, 9.17) is 10.7 Å². The van der Waals surface area contributed by atoms with Crippen LogP contribution in [-0.4, -0.2) is 9.97 Å². The summed E-state index contributed by atoms with van der Waals surface area (Å²) in [4.78, 5) is 10.3. The molecule has 4 rings (SSSR count). The maximum Gasteiger partial charge on any atom is 0.133 e. The molecule has 4 heteroatoms. The second-order valence-electron chi connectivity index (χ2n) is 4.88. The summed E-state index contributed by atoms with van der Waals surface area (Å²) >= 11 is 1.74. The SMILES string of the molecule is Nc1ncccc1-c1nc2c(s1)CCc1ccccc1-2. The van der Waals surface area contributed by atoms with E-state index in [9.17, 15) is 0 Å². The molecule has 1 aromatic carbocycles. The van der Waals surface area contributed by atoms with Gasteiger partial charge in [-0.15, -0.1) is 11.3 Å². The molecule has 0 atom stereocenters. The van der Waals surface area contributed by atoms with Gasteiger partial charge in [0.2, 0.25) is 0 Å². The van der Waals surface area contributed by atoms with Gasteiger partial charge in [-0.1, -0.05) is 24.3 Å². The van der Waals surface area contributed by atoms with Crippen LogP contribution in [0.2, 0.25) is 0 Å². The summed E-state index contributed by atoms with van der Waals surface area (Å²) in [5, 5.41) is 0.970. The topological polar surface area (TPSA) is 51.8 Å². The fraction of sp³-hybridized carbons (Fsp3) is 0.125. The van der Waals surface area contributed by atoms with Crippen LogP contribution in [0.5, 0.6) is 0 Å². The van der Waals surface area contributed by atoms with Crippen molar-refractivity contribution in [2.45, 2.75) is 12.8 Å². The molecular weight excluding hydrogens is 266 g/mol. The molecule has 1 aliphatic carbocycles. The van der Waals surface area contributed by atoms with E-state index in [0.717, 1.165) is 29.1 Å². The molecule has 0 radical (unpaired) electrons. The zero-order valence-corrected chi connectivity index (χ0v) is 11.7. The van der Waals surface area contributed by atoms with Crippen molar-refractivity contribution >= 4 is 17.2 Å². The molecule has 3 aromatic rings. The Hall–Kier alpha value is -2.20. The Morgan fingerprint density at radius 2 is 1.85 bits per heavy atom. The molecule has 2 aromatic heterocycles. The zero-order valence-electron chi connectivity index (χ0n) is 10.8. The van der Waals surface area contributed by atoms with Gasteiger partial charge in [0.1, 0.15) is 10.8 Å². The lowest BCUT2D eigenvalue weighted by Gasteiger charge is -2.13. The Kier molecular flexibility index (Phi) is 2.57. The van der Waals surface area contributed by atoms with Crippen LogP contribution >= 0.6 is 11.3 Å². The smallest absolute Gasteiger partial charge is 0.133 e. The molecule has 3 nitrogen and oxygen atoms in total. The lowest BCUT2D eigenvalue weighted by molar-refractivity contribution is 0.955. The van der Waals surface area contributed by atoms with E-state index in [1.54, 1.807) is 17.5 Å². The molecule has 2 heterocycles. The van der Waals surface area contributed by atoms with E-state index in [2.05, 4.69) is 29.2 Å². The number of benzene rings is 1. The second-order valence-corrected chi connectivity index (χ2v) is 5.97. The van der Waals surface area contributed by atoms with E-state index in [1.165, 1.54) is 16.0 Å². The molecule has 1 aliphatic rings. The van der Waals surface area contributed by atoms with Crippen LogP contribution in [0.3, 0.4) is 0 Å². The number of nitrogens with zero attached hydrogens (tertiary/aromatic N) is 2. The third kappa shape index (κ3) is 1.72. The number of rotatable bonds is 1. The minimum atomic E-state index is 0.548. The van der Waals surface area contributed by atoms with Crippen LogP contribution < -0.4 is 5.73 Å². The van der Waals surface area contributed by atoms with Crippen LogP contribution in [-0.2, 0) is 12.8 Å². The number of nitrogen functional groups attached to an aromatic ring is 1. The van der Waals surface area contributed by atoms with E-state index >= 15 is 0 Å². The third-order valence-electron chi connectivity index (χ3n) is 3.66. The zero-order chi connectivity index (χ0) is 13.5. The first-order chi connectivity index (χ1) is 9.83. The number of aryl methyl sites for hydroxylation is 2. The average Bonchev–Trinajstić information content (AvgIpc) is 2.92. The summed E-state index contributed by atoms with van der Waals surface area (Å²) < 4.78 is 0. The fourth-order valence-corrected chi connectivity index (χ4v) is 3.77. The lowest BCUT2D eigenvalue weighted by Crippen LogP contribution is -2.01. The van der Waals surface area contributed by atoms with Crippen LogP contribution in [0.15, 0.2) is 42.6 Å². The Bertz CT molecular complexity index is 792. The highest BCUT2D eigenvalue weighted by molar-refractivity contribution is 7.15. The third-order valence-corrected chi connectivity index (χ3v) is 4.81. The van der Waals surface area contributed by atoms with Crippen LogP contribution in [0.25, 0.3) is 21.8 Å². The van der Waals surface area contributed by atoms with Gasteiger partial charge in [0.15, 0.2) is 0 Å². The highest BCUT2D eigenvalue weighted by Crippen LogP contribution is 2.40. The van der Waals surface area contributed by atoms with Gasteiger partial charge in [0.25, 0.3) is 0 Å². The van der Waals surface area contributed by atoms with Crippen molar-refractivity contribution < 1.29 is 0 Å². The first-order valence-corrected chi connectivity index (χ1v) is 7.43. The van der Waals surface area contributed by atoms with Gasteiger partial charge in [-0.05, 0) is 30.5 Å². The fourth-order valence-electron chi connectivity index (χ4n) is 2.66. The number of fused-ring (bicyclic) bond motifs is 3. The molecule has 0 spiro atoms. The van der Waals surface area contributed by atoms with Crippen molar-refractivity contribution in [3.05, 3.63) is 53.0 Å². The Labute approximate surface area is 121 Å². The summed E-state index contributed by atoms with van der Waals surface area (Å²) in [6.07, 6.45) is 3.86. The van der Waals surface area contributed by atoms with Gasteiger partial charge in [0.05, 0.1) is 11.3 Å². The van der Waals surface area contributed by atoms with Gasteiger partial charge in [-0.2, -0.15) is 0 Å². The van der Waals surface area contributed by atoms with Crippen molar-refractivity contribution in [1.82, 2.24) is 9.97 Å². The quantitative estimate of drug-likeness (QED) is 0.741. The molecule has 0 unspecified atom stereocenters. The average molecular weight is 279 g/mol. The van der Waals surface area contributed by atoms with Crippen molar-refractivity contribution in [3.63, 3.8) is 0 Å². The number of aromatic nitrogens is 2. The van der Waals surface area contributed by atoms with Gasteiger partial charge >= 0.3 is 0 Å². The van der Waals surface area contributed by atoms with Crippen molar-refractivity contribution in [2.75, 3.05) is 5.73 Å². The number of hydrogen-bond acceptors (Lipinski definition) is 4. The highest BCUT2D eigenvalue weighted by Gasteiger charge is 2.21. The van der Waals surface area contributed by atoms with E-state index < -0.39 is 0 Å². The molecule has 0 aliphatic heterocycles. The molecule has 2 N–H and O–H groups in total. The van der Waals surface area contributed by atoms with Crippen molar-refractivity contribution in [3.8, 4) is 21.8 Å². The Morgan fingerprint density at radius 3 is 2.75 bits per heavy atom. The maximum atomic E-state index is 5.96. The largest absolute Gasteiger partial charge is 0.383 e. The van der Waals surface area contributed by atoms with Gasteiger partial charge in [0, 0.05) is 16.6 Å². The van der Waals surface area contributed by atoms with E-state index in [0.29, 0.717) is 5.82 Å². The summed E-state index contributed by atoms with van der Waals surface area (Å²) in [7, 11) is 0. The Morgan fingerprint density at radius 1 is 1.00 bits per heavy atom. The number of pyridine rings is 1. The summed E-state index contributed by atoms with van der Waals surface area (Å²) in [5.74, 6) is 0.548. The normalized spacial score (nSPS) is 12.8. The number of anilines is 1. The first kappa shape index (κ1) is 11.6. The summed E-state index contributed by atoms with van der Waals surface area (Å²) in [6, 6.07) is 12.4. The molecule has 98 valence electrons. The standard InChI is InChI=1S/C16H13N3S/c17-15-12(6-3-9-18-15)16-19-14-11-5-2-1-4-10(11)7-8-13(14)20-16/h1-6,9H,7-8H2,(H2,17,18). The molecule has 0 saturated carbocycles. The molecule has 0 fully saturated rings. The first-order valence-electron chi connectivity index (χ1n) is 6.62. The van der Waals surface area contributed by atoms with Crippen LogP contribution in [0.4, 0.5) is 5.82 Å². The van der Waals surface area contributed by atoms with E-state index in [-0.39, 0.29) is 0 Å². The van der Waals surface area contributed by atoms with Crippen LogP contribution in [0.1, 0.15) is 10.4 Å². The van der Waals surface area contributed by atoms with E-state index in [1.807, 2.05) is 12.1 Å². The predicted molar refractivity (Wildman–Crippen MR) is 82.6 cm³/mol. The van der Waals surface area contributed by atoms with Gasteiger partial charge in [-0.3, -0.25) is 0 Å². The van der Waals surface area contributed by atoms with Crippen molar-refractivity contribution in [2.24, 2.45) is 0 Å². The molecule has 0 amide bonds. The lowest BCUT2D eigenvalue weighted by atomic mass is 9.94. The van der Waals surface area contributed by atoms with Crippen molar-refractivity contribution in [1.29, 1.82) is 0 Å². The Balaban J connectivity index is 1.89. The summed E-state index contributed by atoms with van der Waals surface area (Å²) in [5.41, 5.74) is 10.7. The monoisotopic (exact) mass is 279 g/mol. The number of thiazole rings is 1. The second kappa shape index (κ2) is 4.42. The minimum Gasteiger partial charge on any atom is -0.383 e. The summed E-state index contributed by atoms with van der Waals surface area (Å²) in [6.45, 7) is 0. The predicted octanol–water partition coefficient (Wildman–Crippen LogP) is 3.55. The highest BCUT2D eigenvalue weighted by atomic mass is 32.1. The molecular formula is C16H13N3S. The molecule has 20 heavy (non-hydrogen) atoms. The van der Waals surface area contributed by atoms with Gasteiger partial charge in [-0.25, -0.2) is 9.97 Å². The minimum absolute atomic E-state index is 0.548. The molecule has 0 bridgehead atoms. The van der Waals surface area contributed by atoms with Crippen LogP contribution in [0, 0.1) is 0 Å². The number of hydrogen-bond donors (Lipinski definition) is 1. The number of nitrogens with two attached hydrogens (primary N) is 1. The van der Waals surface area contributed by atoms with Gasteiger partial charge < -0.3 is 5.73 Å².